The molecule has 0 radical (unpaired) electrons. The quantitative estimate of drug-likeness (QED) is 0.162. The topological polar surface area (TPSA) is 105 Å². The molecule has 1 aliphatic carbocycles. The van der Waals surface area contributed by atoms with Crippen molar-refractivity contribution in [3.63, 3.8) is 0 Å². The molecule has 226 valence electrons. The van der Waals surface area contributed by atoms with Crippen molar-refractivity contribution in [3.05, 3.63) is 55.0 Å². The van der Waals surface area contributed by atoms with Crippen molar-refractivity contribution in [1.29, 1.82) is 0 Å². The summed E-state index contributed by atoms with van der Waals surface area (Å²) < 4.78 is 9.69. The summed E-state index contributed by atoms with van der Waals surface area (Å²) in [7, 11) is 7.23. The molecule has 9 heteroatoms. The van der Waals surface area contributed by atoms with Gasteiger partial charge < -0.3 is 29.8 Å². The van der Waals surface area contributed by atoms with Crippen LogP contribution in [0.2, 0.25) is 0 Å². The molecule has 9 nitrogen and oxygen atoms in total. The SMILES string of the molecule is C=C(CCC)OC(=C)C(=O)NC1CCC(N=C(/N=C(\CC)N(C)C)Nc2ccccc2)CC1.C=O.CC.COC. The van der Waals surface area contributed by atoms with Gasteiger partial charge >= 0.3 is 0 Å². The molecule has 1 aromatic rings. The maximum atomic E-state index is 12.4. The minimum Gasteiger partial charge on any atom is -0.457 e. The van der Waals surface area contributed by atoms with Gasteiger partial charge in [-0.3, -0.25) is 4.79 Å². The normalized spacial score (nSPS) is 16.3. The first-order valence-corrected chi connectivity index (χ1v) is 13.9. The van der Waals surface area contributed by atoms with E-state index in [9.17, 15) is 4.79 Å². The number of benzene rings is 1. The van der Waals surface area contributed by atoms with Crippen molar-refractivity contribution in [2.75, 3.05) is 33.6 Å². The highest BCUT2D eigenvalue weighted by atomic mass is 16.5. The van der Waals surface area contributed by atoms with Crippen LogP contribution in [0, 0.1) is 0 Å². The Kier molecular flexibility index (Phi) is 23.8. The van der Waals surface area contributed by atoms with E-state index in [1.54, 1.807) is 14.2 Å². The lowest BCUT2D eigenvalue weighted by atomic mass is 9.91. The number of allylic oxidation sites excluding steroid dienone is 1. The summed E-state index contributed by atoms with van der Waals surface area (Å²) in [6.07, 6.45) is 5.89. The first kappa shape index (κ1) is 38.7. The van der Waals surface area contributed by atoms with Crippen LogP contribution in [0.5, 0.6) is 0 Å². The molecule has 1 aliphatic rings. The van der Waals surface area contributed by atoms with Gasteiger partial charge in [0.15, 0.2) is 5.76 Å². The van der Waals surface area contributed by atoms with Gasteiger partial charge in [-0.1, -0.05) is 59.1 Å². The number of hydrogen-bond donors (Lipinski definition) is 2. The van der Waals surface area contributed by atoms with Gasteiger partial charge in [0.1, 0.15) is 12.6 Å². The summed E-state index contributed by atoms with van der Waals surface area (Å²) in [5.41, 5.74) is 0.957. The van der Waals surface area contributed by atoms with E-state index >= 15 is 0 Å². The summed E-state index contributed by atoms with van der Waals surface area (Å²) in [5, 5.41) is 6.40. The second kappa shape index (κ2) is 24.6. The van der Waals surface area contributed by atoms with Gasteiger partial charge in [-0.2, -0.15) is 0 Å². The van der Waals surface area contributed by atoms with Crippen LogP contribution in [0.1, 0.15) is 72.6 Å². The molecule has 0 bridgehead atoms. The Balaban J connectivity index is 0. The second-order valence-electron chi connectivity index (χ2n) is 8.92. The van der Waals surface area contributed by atoms with E-state index < -0.39 is 0 Å². The smallest absolute Gasteiger partial charge is 0.286 e. The fraction of sp³-hybridized carbons (Fsp3) is 0.548. The number of ether oxygens (including phenoxy) is 2. The highest BCUT2D eigenvalue weighted by Crippen LogP contribution is 2.22. The summed E-state index contributed by atoms with van der Waals surface area (Å²) in [5.74, 6) is 1.98. The van der Waals surface area contributed by atoms with Crippen LogP contribution in [0.3, 0.4) is 0 Å². The Hall–Kier alpha value is -3.46. The number of rotatable bonds is 9. The highest BCUT2D eigenvalue weighted by Gasteiger charge is 2.24. The van der Waals surface area contributed by atoms with E-state index in [1.807, 2.05) is 76.9 Å². The molecule has 40 heavy (non-hydrogen) atoms. The lowest BCUT2D eigenvalue weighted by Crippen LogP contribution is -2.39. The van der Waals surface area contributed by atoms with Crippen LogP contribution < -0.4 is 10.6 Å². The number of methoxy groups -OCH3 is 1. The molecule has 2 rings (SSSR count). The third-order valence-corrected chi connectivity index (χ3v) is 5.48. The number of amidine groups is 1. The Bertz CT molecular complexity index is 892. The molecule has 0 aliphatic heterocycles. The summed E-state index contributed by atoms with van der Waals surface area (Å²) in [4.78, 5) is 32.1. The van der Waals surface area contributed by atoms with Gasteiger partial charge in [0.05, 0.1) is 11.8 Å². The van der Waals surface area contributed by atoms with Crippen LogP contribution in [-0.4, -0.2) is 69.8 Å². The van der Waals surface area contributed by atoms with Crippen molar-refractivity contribution < 1.29 is 19.1 Å². The van der Waals surface area contributed by atoms with Crippen LogP contribution >= 0.6 is 0 Å². The molecule has 1 saturated carbocycles. The third-order valence-electron chi connectivity index (χ3n) is 5.48. The predicted molar refractivity (Wildman–Crippen MR) is 169 cm³/mol. The van der Waals surface area contributed by atoms with Gasteiger partial charge in [-0.05, 0) is 44.2 Å². The Morgan fingerprint density at radius 3 is 2.05 bits per heavy atom. The Labute approximate surface area is 242 Å². The molecule has 1 amide bonds. The molecule has 1 aromatic carbocycles. The molecular weight excluding hydrogens is 506 g/mol. The maximum Gasteiger partial charge on any atom is 0.286 e. The molecule has 0 heterocycles. The van der Waals surface area contributed by atoms with Crippen molar-refractivity contribution in [3.8, 4) is 0 Å². The van der Waals surface area contributed by atoms with Gasteiger partial charge in [0.25, 0.3) is 5.91 Å². The van der Waals surface area contributed by atoms with Crippen molar-refractivity contribution >= 4 is 30.2 Å². The summed E-state index contributed by atoms with van der Waals surface area (Å²) in [6, 6.07) is 10.2. The lowest BCUT2D eigenvalue weighted by Gasteiger charge is -2.27. The number of anilines is 1. The van der Waals surface area contributed by atoms with E-state index in [-0.39, 0.29) is 23.8 Å². The second-order valence-corrected chi connectivity index (χ2v) is 8.92. The zero-order valence-electron chi connectivity index (χ0n) is 26.1. The van der Waals surface area contributed by atoms with Crippen LogP contribution in [-0.2, 0) is 19.1 Å². The molecule has 0 atom stereocenters. The minimum atomic E-state index is -0.270. The van der Waals surface area contributed by atoms with E-state index in [4.69, 9.17) is 19.5 Å². The minimum absolute atomic E-state index is 0.0887. The van der Waals surface area contributed by atoms with Crippen molar-refractivity contribution in [2.24, 2.45) is 9.98 Å². The number of guanidine groups is 1. The van der Waals surface area contributed by atoms with Gasteiger partial charge in [-0.15, -0.1) is 0 Å². The number of carbonyl (C=O) groups is 2. The zero-order chi connectivity index (χ0) is 30.9. The molecule has 0 unspecified atom stereocenters. The third kappa shape index (κ3) is 17.2. The van der Waals surface area contributed by atoms with Crippen molar-refractivity contribution in [2.45, 2.75) is 84.7 Å². The van der Waals surface area contributed by atoms with Gasteiger partial charge in [0, 0.05) is 52.9 Å². The zero-order valence-corrected chi connectivity index (χ0v) is 26.1. The van der Waals surface area contributed by atoms with Crippen LogP contribution in [0.25, 0.3) is 0 Å². The summed E-state index contributed by atoms with van der Waals surface area (Å²) >= 11 is 0. The van der Waals surface area contributed by atoms with Crippen LogP contribution in [0.15, 0.2) is 65.0 Å². The maximum absolute atomic E-state index is 12.4. The highest BCUT2D eigenvalue weighted by molar-refractivity contribution is 6.02. The van der Waals surface area contributed by atoms with E-state index in [0.717, 1.165) is 50.0 Å². The number of aliphatic imine (C=N–C) groups is 2. The summed E-state index contributed by atoms with van der Waals surface area (Å²) in [6.45, 7) is 17.7. The van der Waals surface area contributed by atoms with Crippen molar-refractivity contribution in [1.82, 2.24) is 10.2 Å². The lowest BCUT2D eigenvalue weighted by molar-refractivity contribution is -0.121. The van der Waals surface area contributed by atoms with E-state index in [2.05, 4.69) is 35.5 Å². The number of nitrogens with one attached hydrogen (secondary N) is 2. The number of hydrogen-bond acceptors (Lipinski definition) is 5. The Morgan fingerprint density at radius 2 is 1.57 bits per heavy atom. The van der Waals surface area contributed by atoms with Gasteiger partial charge in [-0.25, -0.2) is 9.98 Å². The van der Waals surface area contributed by atoms with E-state index in [1.165, 1.54) is 0 Å². The molecule has 0 aromatic heterocycles. The molecule has 0 spiro atoms. The average molecular weight is 560 g/mol. The first-order chi connectivity index (χ1) is 19.2. The first-order valence-electron chi connectivity index (χ1n) is 13.9. The molecule has 0 saturated heterocycles. The number of amides is 1. The molecular formula is C31H53N5O4. The molecule has 2 N–H and O–H groups in total. The van der Waals surface area contributed by atoms with Crippen LogP contribution in [0.4, 0.5) is 5.69 Å². The molecule has 1 fully saturated rings. The standard InChI is InChI=1S/C26H39N5O2.C2H6O.C2H6.CH2O/c1-7-12-19(3)33-20(4)25(32)27-22-15-17-23(18-16-22)29-26(30-24(8-2)31(5)6)28-21-13-10-9-11-14-21;1-3-2;2*1-2/h9-11,13-14,22-23H,3-4,7-8,12,15-18H2,1-2,5-6H3,(H,27,32)(H,28,29);1-2H3;1-2H3;1H2/b30-24+;;;. The average Bonchev–Trinajstić information content (AvgIpc) is 2.95. The monoisotopic (exact) mass is 559 g/mol. The number of para-hydroxylation sites is 1. The largest absolute Gasteiger partial charge is 0.457 e. The Morgan fingerprint density at radius 1 is 1.02 bits per heavy atom. The fourth-order valence-electron chi connectivity index (χ4n) is 3.70. The fourth-order valence-corrected chi connectivity index (χ4v) is 3.70. The van der Waals surface area contributed by atoms with Gasteiger partial charge in [0.2, 0.25) is 5.96 Å². The van der Waals surface area contributed by atoms with E-state index in [0.29, 0.717) is 18.1 Å². The number of nitrogens with zero attached hydrogens (tertiary/aromatic N) is 3. The number of carbonyl (C=O) groups excluding carboxylic acids is 2. The predicted octanol–water partition coefficient (Wildman–Crippen LogP) is 6.20.